The molecule has 3 rings (SSSR count). The van der Waals surface area contributed by atoms with Crippen LogP contribution in [0.2, 0.25) is 0 Å². The number of hydrogen-bond acceptors (Lipinski definition) is 3. The SMILES string of the molecule is Brc1ccccc1CNCc1nc2ccccc2s1. The summed E-state index contributed by atoms with van der Waals surface area (Å²) in [5.74, 6) is 0. The lowest BCUT2D eigenvalue weighted by Crippen LogP contribution is -2.12. The van der Waals surface area contributed by atoms with Gasteiger partial charge in [0, 0.05) is 17.6 Å². The minimum absolute atomic E-state index is 0.806. The molecule has 1 aromatic heterocycles. The van der Waals surface area contributed by atoms with Gasteiger partial charge in [-0.2, -0.15) is 0 Å². The lowest BCUT2D eigenvalue weighted by Gasteiger charge is -2.04. The van der Waals surface area contributed by atoms with Crippen LogP contribution in [0.3, 0.4) is 0 Å². The average molecular weight is 333 g/mol. The van der Waals surface area contributed by atoms with Crippen LogP contribution in [0.4, 0.5) is 0 Å². The molecule has 3 aromatic rings. The van der Waals surface area contributed by atoms with E-state index in [1.54, 1.807) is 11.3 Å². The van der Waals surface area contributed by atoms with Crippen molar-refractivity contribution in [3.05, 3.63) is 63.6 Å². The standard InChI is InChI=1S/C15H13BrN2S/c16-12-6-2-1-5-11(12)9-17-10-15-18-13-7-3-4-8-14(13)19-15/h1-8,17H,9-10H2. The van der Waals surface area contributed by atoms with Crippen LogP contribution < -0.4 is 5.32 Å². The van der Waals surface area contributed by atoms with Crippen molar-refractivity contribution in [3.8, 4) is 0 Å². The van der Waals surface area contributed by atoms with Crippen LogP contribution in [-0.4, -0.2) is 4.98 Å². The Balaban J connectivity index is 1.65. The highest BCUT2D eigenvalue weighted by molar-refractivity contribution is 9.10. The number of nitrogens with one attached hydrogen (secondary N) is 1. The maximum atomic E-state index is 4.61. The average Bonchev–Trinajstić information content (AvgIpc) is 2.83. The molecule has 4 heteroatoms. The Hall–Kier alpha value is -1.23. The van der Waals surface area contributed by atoms with Crippen LogP contribution in [0, 0.1) is 0 Å². The summed E-state index contributed by atoms with van der Waals surface area (Å²) in [4.78, 5) is 4.61. The highest BCUT2D eigenvalue weighted by Gasteiger charge is 2.03. The fourth-order valence-electron chi connectivity index (χ4n) is 1.94. The largest absolute Gasteiger partial charge is 0.306 e. The number of fused-ring (bicyclic) bond motifs is 1. The summed E-state index contributed by atoms with van der Waals surface area (Å²) in [7, 11) is 0. The van der Waals surface area contributed by atoms with E-state index in [0.717, 1.165) is 28.1 Å². The zero-order valence-corrected chi connectivity index (χ0v) is 12.7. The Bertz CT molecular complexity index is 660. The van der Waals surface area contributed by atoms with Crippen molar-refractivity contribution in [2.24, 2.45) is 0 Å². The molecule has 0 saturated heterocycles. The van der Waals surface area contributed by atoms with Crippen molar-refractivity contribution in [1.82, 2.24) is 10.3 Å². The first-order valence-corrected chi connectivity index (χ1v) is 7.72. The monoisotopic (exact) mass is 332 g/mol. The Morgan fingerprint density at radius 1 is 1.00 bits per heavy atom. The van der Waals surface area contributed by atoms with Crippen LogP contribution in [0.1, 0.15) is 10.6 Å². The van der Waals surface area contributed by atoms with Gasteiger partial charge in [-0.25, -0.2) is 4.98 Å². The molecule has 0 atom stereocenters. The van der Waals surface area contributed by atoms with E-state index in [-0.39, 0.29) is 0 Å². The third-order valence-corrected chi connectivity index (χ3v) is 4.70. The number of para-hydroxylation sites is 1. The second-order valence-electron chi connectivity index (χ2n) is 4.27. The molecule has 0 aliphatic carbocycles. The second kappa shape index (κ2) is 5.82. The first kappa shape index (κ1) is 12.8. The molecule has 0 amide bonds. The van der Waals surface area contributed by atoms with E-state index in [4.69, 9.17) is 0 Å². The van der Waals surface area contributed by atoms with Crippen LogP contribution in [-0.2, 0) is 13.1 Å². The molecule has 1 N–H and O–H groups in total. The summed E-state index contributed by atoms with van der Waals surface area (Å²) in [6.45, 7) is 1.65. The summed E-state index contributed by atoms with van der Waals surface area (Å²) in [6, 6.07) is 16.5. The van der Waals surface area contributed by atoms with Crippen molar-refractivity contribution in [2.75, 3.05) is 0 Å². The van der Waals surface area contributed by atoms with Gasteiger partial charge < -0.3 is 5.32 Å². The van der Waals surface area contributed by atoms with Gasteiger partial charge in [-0.15, -0.1) is 11.3 Å². The van der Waals surface area contributed by atoms with Crippen LogP contribution in [0.15, 0.2) is 53.0 Å². The normalized spacial score (nSPS) is 11.0. The quantitative estimate of drug-likeness (QED) is 0.768. The molecule has 1 heterocycles. The maximum Gasteiger partial charge on any atom is 0.108 e. The Labute approximate surface area is 124 Å². The summed E-state index contributed by atoms with van der Waals surface area (Å²) in [5, 5.41) is 4.57. The molecule has 0 aliphatic heterocycles. The topological polar surface area (TPSA) is 24.9 Å². The smallest absolute Gasteiger partial charge is 0.108 e. The van der Waals surface area contributed by atoms with E-state index >= 15 is 0 Å². The van der Waals surface area contributed by atoms with Crippen LogP contribution >= 0.6 is 27.3 Å². The van der Waals surface area contributed by atoms with Gasteiger partial charge in [0.1, 0.15) is 5.01 Å². The number of rotatable bonds is 4. The van der Waals surface area contributed by atoms with Crippen molar-refractivity contribution in [3.63, 3.8) is 0 Å². The third-order valence-electron chi connectivity index (χ3n) is 2.89. The molecule has 2 nitrogen and oxygen atoms in total. The summed E-state index contributed by atoms with van der Waals surface area (Å²) in [5.41, 5.74) is 2.36. The van der Waals surface area contributed by atoms with E-state index < -0.39 is 0 Å². The Kier molecular flexibility index (Phi) is 3.92. The van der Waals surface area contributed by atoms with Crippen molar-refractivity contribution >= 4 is 37.5 Å². The van der Waals surface area contributed by atoms with Crippen molar-refractivity contribution < 1.29 is 0 Å². The van der Waals surface area contributed by atoms with Gasteiger partial charge in [0.05, 0.1) is 10.2 Å². The van der Waals surface area contributed by atoms with E-state index in [2.05, 4.69) is 62.6 Å². The number of thiazole rings is 1. The highest BCUT2D eigenvalue weighted by atomic mass is 79.9. The predicted molar refractivity (Wildman–Crippen MR) is 84.3 cm³/mol. The van der Waals surface area contributed by atoms with E-state index in [1.807, 2.05) is 12.1 Å². The van der Waals surface area contributed by atoms with E-state index in [0.29, 0.717) is 0 Å². The summed E-state index contributed by atoms with van der Waals surface area (Å²) < 4.78 is 2.40. The van der Waals surface area contributed by atoms with Gasteiger partial charge in [0.15, 0.2) is 0 Å². The fourth-order valence-corrected chi connectivity index (χ4v) is 3.30. The van der Waals surface area contributed by atoms with Gasteiger partial charge >= 0.3 is 0 Å². The maximum absolute atomic E-state index is 4.61. The van der Waals surface area contributed by atoms with Crippen molar-refractivity contribution in [1.29, 1.82) is 0 Å². The van der Waals surface area contributed by atoms with E-state index in [1.165, 1.54) is 10.3 Å². The van der Waals surface area contributed by atoms with Gasteiger partial charge in [0.25, 0.3) is 0 Å². The molecule has 0 unspecified atom stereocenters. The predicted octanol–water partition coefficient (Wildman–Crippen LogP) is 4.35. The first-order valence-electron chi connectivity index (χ1n) is 6.11. The van der Waals surface area contributed by atoms with Gasteiger partial charge in [-0.1, -0.05) is 46.3 Å². The molecular formula is C15H13BrN2S. The lowest BCUT2D eigenvalue weighted by molar-refractivity contribution is 0.689. The molecular weight excluding hydrogens is 320 g/mol. The molecule has 0 saturated carbocycles. The summed E-state index contributed by atoms with van der Waals surface area (Å²) in [6.07, 6.45) is 0. The fraction of sp³-hybridized carbons (Fsp3) is 0.133. The Morgan fingerprint density at radius 2 is 1.79 bits per heavy atom. The van der Waals surface area contributed by atoms with Gasteiger partial charge in [-0.05, 0) is 23.8 Å². The van der Waals surface area contributed by atoms with E-state index in [9.17, 15) is 0 Å². The second-order valence-corrected chi connectivity index (χ2v) is 6.24. The minimum Gasteiger partial charge on any atom is -0.306 e. The number of halogens is 1. The number of benzene rings is 2. The molecule has 0 bridgehead atoms. The molecule has 96 valence electrons. The van der Waals surface area contributed by atoms with Gasteiger partial charge in [-0.3, -0.25) is 0 Å². The molecule has 0 aliphatic rings. The first-order chi connectivity index (χ1) is 9.33. The minimum atomic E-state index is 0.806. The molecule has 2 aromatic carbocycles. The Morgan fingerprint density at radius 3 is 2.63 bits per heavy atom. The highest BCUT2D eigenvalue weighted by Crippen LogP contribution is 2.21. The number of aromatic nitrogens is 1. The van der Waals surface area contributed by atoms with Crippen molar-refractivity contribution in [2.45, 2.75) is 13.1 Å². The lowest BCUT2D eigenvalue weighted by atomic mass is 10.2. The van der Waals surface area contributed by atoms with Gasteiger partial charge in [0.2, 0.25) is 0 Å². The number of nitrogens with zero attached hydrogens (tertiary/aromatic N) is 1. The van der Waals surface area contributed by atoms with Crippen LogP contribution in [0.25, 0.3) is 10.2 Å². The number of hydrogen-bond donors (Lipinski definition) is 1. The molecule has 0 radical (unpaired) electrons. The molecule has 0 fully saturated rings. The third kappa shape index (κ3) is 3.03. The molecule has 0 spiro atoms. The van der Waals surface area contributed by atoms with Crippen LogP contribution in [0.5, 0.6) is 0 Å². The molecule has 19 heavy (non-hydrogen) atoms. The zero-order chi connectivity index (χ0) is 13.1. The zero-order valence-electron chi connectivity index (χ0n) is 10.3. The summed E-state index contributed by atoms with van der Waals surface area (Å²) >= 11 is 5.31.